The van der Waals surface area contributed by atoms with Gasteiger partial charge in [-0.1, -0.05) is 24.1 Å². The molecule has 0 aliphatic rings. The lowest BCUT2D eigenvalue weighted by molar-refractivity contribution is 0.0523. The fraction of sp³-hybridized carbons (Fsp3) is 0.345. The van der Waals surface area contributed by atoms with Crippen LogP contribution in [0.4, 0.5) is 10.6 Å². The highest BCUT2D eigenvalue weighted by Crippen LogP contribution is 2.36. The molecule has 0 atom stereocenters. The van der Waals surface area contributed by atoms with Crippen LogP contribution in [0.1, 0.15) is 44.4 Å². The summed E-state index contributed by atoms with van der Waals surface area (Å²) in [4.78, 5) is 11.9. The molecule has 4 rings (SSSR count). The van der Waals surface area contributed by atoms with Crippen LogP contribution in [-0.2, 0) is 34.3 Å². The van der Waals surface area contributed by atoms with Gasteiger partial charge in [0.25, 0.3) is 10.0 Å². The smallest absolute Gasteiger partial charge is 0.407 e. The van der Waals surface area contributed by atoms with E-state index in [1.165, 1.54) is 13.2 Å². The Kier molecular flexibility index (Phi) is 8.96. The molecular formula is C29H33N5O7S. The first-order valence-corrected chi connectivity index (χ1v) is 14.6. The van der Waals surface area contributed by atoms with Gasteiger partial charge in [0, 0.05) is 18.3 Å². The van der Waals surface area contributed by atoms with Crippen molar-refractivity contribution in [2.45, 2.75) is 57.7 Å². The molecule has 0 bridgehead atoms. The molecule has 0 fully saturated rings. The number of aromatic nitrogens is 3. The predicted octanol–water partition coefficient (Wildman–Crippen LogP) is 4.48. The van der Waals surface area contributed by atoms with Gasteiger partial charge in [-0.3, -0.25) is 9.40 Å². The number of nitrogens with one attached hydrogen (secondary N) is 2. The standard InChI is InChI=1S/C29H33N5O7S/c1-7-11-39-22-10-9-19(8-2)14-25(22)42(36,37)33-27-26-23(38-6)12-20(13-24(26)41-32-27)17-34-18-21(16-31-34)15-30-28(35)40-29(3,4)5/h1,9-10,12-14,16,18H,8,11,15,17H2,2-6H3,(H,30,35)(H,32,33). The molecule has 0 saturated carbocycles. The van der Waals surface area contributed by atoms with Gasteiger partial charge in [-0.2, -0.15) is 5.10 Å². The Morgan fingerprint density at radius 1 is 1.14 bits per heavy atom. The maximum absolute atomic E-state index is 13.5. The molecule has 0 aliphatic heterocycles. The number of rotatable bonds is 11. The third-order valence-corrected chi connectivity index (χ3v) is 7.29. The van der Waals surface area contributed by atoms with Gasteiger partial charge in [-0.15, -0.1) is 6.42 Å². The van der Waals surface area contributed by atoms with Gasteiger partial charge in [0.15, 0.2) is 11.4 Å². The molecule has 0 unspecified atom stereocenters. The molecule has 2 aromatic carbocycles. The molecule has 4 aromatic rings. The van der Waals surface area contributed by atoms with Crippen molar-refractivity contribution >= 4 is 32.9 Å². The zero-order valence-corrected chi connectivity index (χ0v) is 24.9. The van der Waals surface area contributed by atoms with E-state index in [0.29, 0.717) is 29.7 Å². The highest BCUT2D eigenvalue weighted by atomic mass is 32.2. The minimum absolute atomic E-state index is 0.0344. The maximum atomic E-state index is 13.5. The van der Waals surface area contributed by atoms with Gasteiger partial charge in [0.05, 0.1) is 19.9 Å². The van der Waals surface area contributed by atoms with Gasteiger partial charge in [-0.05, 0) is 62.6 Å². The summed E-state index contributed by atoms with van der Waals surface area (Å²) in [5.41, 5.74) is 2.07. The average molecular weight is 596 g/mol. The van der Waals surface area contributed by atoms with Crippen molar-refractivity contribution in [2.75, 3.05) is 18.4 Å². The lowest BCUT2D eigenvalue weighted by Crippen LogP contribution is -2.32. The van der Waals surface area contributed by atoms with Gasteiger partial charge < -0.3 is 24.1 Å². The monoisotopic (exact) mass is 595 g/mol. The van der Waals surface area contributed by atoms with E-state index in [9.17, 15) is 13.2 Å². The van der Waals surface area contributed by atoms with Crippen LogP contribution in [-0.4, -0.2) is 48.8 Å². The number of terminal acetylenes is 1. The number of carbonyl (C=O) groups is 1. The van der Waals surface area contributed by atoms with E-state index in [-0.39, 0.29) is 29.6 Å². The van der Waals surface area contributed by atoms with Crippen LogP contribution in [0.5, 0.6) is 11.5 Å². The number of amides is 1. The number of anilines is 1. The summed E-state index contributed by atoms with van der Waals surface area (Å²) in [6, 6.07) is 8.36. The fourth-order valence-electron chi connectivity index (χ4n) is 4.07. The number of fused-ring (bicyclic) bond motifs is 1. The molecule has 0 saturated heterocycles. The molecule has 0 aliphatic carbocycles. The van der Waals surface area contributed by atoms with E-state index >= 15 is 0 Å². The summed E-state index contributed by atoms with van der Waals surface area (Å²) in [7, 11) is -2.68. The highest BCUT2D eigenvalue weighted by Gasteiger charge is 2.25. The lowest BCUT2D eigenvalue weighted by Gasteiger charge is -2.19. The molecule has 42 heavy (non-hydrogen) atoms. The largest absolute Gasteiger partial charge is 0.496 e. The zero-order valence-electron chi connectivity index (χ0n) is 24.1. The van der Waals surface area contributed by atoms with Crippen molar-refractivity contribution in [3.05, 3.63) is 59.4 Å². The number of aryl methyl sites for hydroxylation is 1. The third kappa shape index (κ3) is 7.32. The molecule has 13 heteroatoms. The van der Waals surface area contributed by atoms with Crippen LogP contribution in [0.15, 0.2) is 52.1 Å². The topological polar surface area (TPSA) is 147 Å². The number of carbonyl (C=O) groups excluding carboxylic acids is 1. The zero-order chi connectivity index (χ0) is 30.5. The van der Waals surface area contributed by atoms with Crippen molar-refractivity contribution in [3.8, 4) is 23.8 Å². The van der Waals surface area contributed by atoms with Crippen LogP contribution in [0.25, 0.3) is 11.0 Å². The molecule has 2 aromatic heterocycles. The number of alkyl carbamates (subject to hydrolysis) is 1. The summed E-state index contributed by atoms with van der Waals surface area (Å²) < 4.78 is 52.9. The summed E-state index contributed by atoms with van der Waals surface area (Å²) >= 11 is 0. The normalized spacial score (nSPS) is 11.6. The second kappa shape index (κ2) is 12.4. The number of nitrogens with zero attached hydrogens (tertiary/aromatic N) is 3. The quantitative estimate of drug-likeness (QED) is 0.240. The summed E-state index contributed by atoms with van der Waals surface area (Å²) in [5, 5.41) is 11.4. The Morgan fingerprint density at radius 3 is 2.62 bits per heavy atom. The van der Waals surface area contributed by atoms with Crippen molar-refractivity contribution in [3.63, 3.8) is 0 Å². The third-order valence-electron chi connectivity index (χ3n) is 5.93. The number of sulfonamides is 1. The number of methoxy groups -OCH3 is 1. The molecular weight excluding hydrogens is 562 g/mol. The highest BCUT2D eigenvalue weighted by molar-refractivity contribution is 7.92. The summed E-state index contributed by atoms with van der Waals surface area (Å²) in [5.74, 6) is 2.78. The molecule has 0 radical (unpaired) electrons. The fourth-order valence-corrected chi connectivity index (χ4v) is 5.28. The number of hydrogen-bond donors (Lipinski definition) is 2. The van der Waals surface area contributed by atoms with E-state index in [4.69, 9.17) is 25.2 Å². The van der Waals surface area contributed by atoms with E-state index in [2.05, 4.69) is 26.2 Å². The minimum atomic E-state index is -4.15. The Morgan fingerprint density at radius 2 is 1.93 bits per heavy atom. The average Bonchev–Trinajstić information content (AvgIpc) is 3.55. The van der Waals surface area contributed by atoms with Crippen LogP contribution >= 0.6 is 0 Å². The maximum Gasteiger partial charge on any atom is 0.407 e. The van der Waals surface area contributed by atoms with Gasteiger partial charge in [0.2, 0.25) is 0 Å². The molecule has 222 valence electrons. The Hall–Kier alpha value is -4.70. The molecule has 12 nitrogen and oxygen atoms in total. The van der Waals surface area contributed by atoms with Crippen LogP contribution < -0.4 is 19.5 Å². The van der Waals surface area contributed by atoms with Crippen molar-refractivity contribution in [2.24, 2.45) is 0 Å². The van der Waals surface area contributed by atoms with Gasteiger partial charge in [0.1, 0.15) is 34.0 Å². The second-order valence-corrected chi connectivity index (χ2v) is 12.0. The first kappa shape index (κ1) is 30.3. The van der Waals surface area contributed by atoms with Gasteiger partial charge in [-0.25, -0.2) is 13.2 Å². The molecule has 1 amide bonds. The summed E-state index contributed by atoms with van der Waals surface area (Å²) in [6.07, 6.45) is 8.84. The van der Waals surface area contributed by atoms with Crippen LogP contribution in [0, 0.1) is 12.3 Å². The SMILES string of the molecule is C#CCOc1ccc(CC)cc1S(=O)(=O)Nc1noc2cc(Cn3cc(CNC(=O)OC(C)(C)C)cn3)cc(OC)c12. The van der Waals surface area contributed by atoms with E-state index in [1.807, 2.05) is 6.92 Å². The van der Waals surface area contributed by atoms with E-state index in [1.54, 1.807) is 62.1 Å². The first-order chi connectivity index (χ1) is 19.9. The van der Waals surface area contributed by atoms with Crippen molar-refractivity contribution in [1.29, 1.82) is 0 Å². The number of ether oxygens (including phenoxy) is 3. The summed E-state index contributed by atoms with van der Waals surface area (Å²) in [6.45, 7) is 7.80. The lowest BCUT2D eigenvalue weighted by atomic mass is 10.1. The first-order valence-electron chi connectivity index (χ1n) is 13.1. The Bertz CT molecular complexity index is 1730. The van der Waals surface area contributed by atoms with Gasteiger partial charge >= 0.3 is 6.09 Å². The minimum Gasteiger partial charge on any atom is -0.496 e. The molecule has 2 heterocycles. The Labute approximate surface area is 244 Å². The van der Waals surface area contributed by atoms with Crippen LogP contribution in [0.3, 0.4) is 0 Å². The van der Waals surface area contributed by atoms with Crippen molar-refractivity contribution < 1.29 is 31.9 Å². The van der Waals surface area contributed by atoms with Crippen LogP contribution in [0.2, 0.25) is 0 Å². The molecule has 2 N–H and O–H groups in total. The van der Waals surface area contributed by atoms with Crippen molar-refractivity contribution in [1.82, 2.24) is 20.3 Å². The molecule has 0 spiro atoms. The Balaban J connectivity index is 1.55. The predicted molar refractivity (Wildman–Crippen MR) is 156 cm³/mol. The number of benzene rings is 2. The van der Waals surface area contributed by atoms with E-state index < -0.39 is 21.7 Å². The second-order valence-electron chi connectivity index (χ2n) is 10.3. The van der Waals surface area contributed by atoms with E-state index in [0.717, 1.165) is 16.7 Å². The number of hydrogen-bond acceptors (Lipinski definition) is 9.